The molecule has 0 radical (unpaired) electrons. The van der Waals surface area contributed by atoms with Crippen molar-refractivity contribution in [3.05, 3.63) is 47.7 Å². The lowest BCUT2D eigenvalue weighted by Crippen LogP contribution is -2.34. The number of methoxy groups -OCH3 is 1. The topological polar surface area (TPSA) is 95.2 Å². The highest BCUT2D eigenvalue weighted by molar-refractivity contribution is 6.03. The molecule has 1 fully saturated rings. The van der Waals surface area contributed by atoms with Gasteiger partial charge in [-0.05, 0) is 36.4 Å². The predicted molar refractivity (Wildman–Crippen MR) is 127 cm³/mol. The van der Waals surface area contributed by atoms with E-state index in [0.29, 0.717) is 42.5 Å². The number of benzene rings is 2. The molecule has 0 aliphatic carbocycles. The van der Waals surface area contributed by atoms with Crippen LogP contribution in [0.1, 0.15) is 18.4 Å². The molecule has 0 unspecified atom stereocenters. The van der Waals surface area contributed by atoms with Crippen molar-refractivity contribution in [1.29, 1.82) is 5.26 Å². The van der Waals surface area contributed by atoms with Gasteiger partial charge in [0.05, 0.1) is 24.1 Å². The first-order chi connectivity index (χ1) is 16.9. The van der Waals surface area contributed by atoms with Gasteiger partial charge in [0.25, 0.3) is 0 Å². The Morgan fingerprint density at radius 2 is 1.97 bits per heavy atom. The van der Waals surface area contributed by atoms with Gasteiger partial charge in [-0.15, -0.1) is 6.42 Å². The van der Waals surface area contributed by atoms with Crippen LogP contribution >= 0.6 is 0 Å². The Morgan fingerprint density at radius 1 is 1.20 bits per heavy atom. The molecule has 0 saturated carbocycles. The predicted octanol–water partition coefficient (Wildman–Crippen LogP) is 4.56. The van der Waals surface area contributed by atoms with Gasteiger partial charge in [0, 0.05) is 36.2 Å². The molecule has 0 atom stereocenters. The van der Waals surface area contributed by atoms with Crippen LogP contribution < -0.4 is 9.64 Å². The van der Waals surface area contributed by atoms with E-state index in [9.17, 15) is 14.8 Å². The summed E-state index contributed by atoms with van der Waals surface area (Å²) in [5, 5.41) is 20.5. The van der Waals surface area contributed by atoms with Gasteiger partial charge in [0.1, 0.15) is 28.6 Å². The number of hydrogen-bond acceptors (Lipinski definition) is 7. The number of aromatic hydroxyl groups is 1. The first-order valence-corrected chi connectivity index (χ1v) is 10.9. The number of anilines is 1. The summed E-state index contributed by atoms with van der Waals surface area (Å²) in [6.45, 7) is 1.14. The van der Waals surface area contributed by atoms with Crippen molar-refractivity contribution in [2.24, 2.45) is 5.92 Å². The lowest BCUT2D eigenvalue weighted by Gasteiger charge is -2.30. The van der Waals surface area contributed by atoms with Crippen molar-refractivity contribution in [3.63, 3.8) is 0 Å². The molecule has 1 N–H and O–H groups in total. The lowest BCUT2D eigenvalue weighted by molar-refractivity contribution is 0.380. The fraction of sp³-hybridized carbons (Fsp3) is 0.231. The Labute approximate surface area is 199 Å². The van der Waals surface area contributed by atoms with E-state index in [4.69, 9.17) is 11.2 Å². The van der Waals surface area contributed by atoms with E-state index in [-0.39, 0.29) is 45.4 Å². The van der Waals surface area contributed by atoms with E-state index >= 15 is 4.39 Å². The largest absolute Gasteiger partial charge is 0.508 e. The second-order valence-electron chi connectivity index (χ2n) is 8.27. The highest BCUT2D eigenvalue weighted by atomic mass is 19.1. The second-order valence-corrected chi connectivity index (χ2v) is 8.27. The molecular formula is C26H19F2N5O2. The number of fused-ring (bicyclic) bond motifs is 2. The number of phenols is 1. The van der Waals surface area contributed by atoms with Crippen molar-refractivity contribution < 1.29 is 18.6 Å². The van der Waals surface area contributed by atoms with Crippen molar-refractivity contribution in [3.8, 4) is 41.4 Å². The number of nitrogens with zero attached hydrogens (tertiary/aromatic N) is 5. The van der Waals surface area contributed by atoms with Crippen LogP contribution in [0.15, 0.2) is 30.5 Å². The molecule has 2 aromatic heterocycles. The molecule has 174 valence electrons. The van der Waals surface area contributed by atoms with Crippen LogP contribution in [-0.2, 0) is 0 Å². The smallest absolute Gasteiger partial charge is 0.318 e. The Balaban J connectivity index is 1.75. The third-order valence-corrected chi connectivity index (χ3v) is 6.25. The van der Waals surface area contributed by atoms with Crippen molar-refractivity contribution in [1.82, 2.24) is 15.0 Å². The van der Waals surface area contributed by atoms with E-state index in [1.807, 2.05) is 4.90 Å². The summed E-state index contributed by atoms with van der Waals surface area (Å²) in [5.74, 6) is 1.17. The van der Waals surface area contributed by atoms with Crippen molar-refractivity contribution in [2.45, 2.75) is 12.8 Å². The minimum absolute atomic E-state index is 0.0259. The molecule has 0 spiro atoms. The monoisotopic (exact) mass is 471 g/mol. The SMILES string of the molecule is C#Cc1c(F)ccc2cc(O)cc(-c3ncc4c(N5CCC(C#N)CC5)nc(OC)nc4c3F)c12. The molecule has 4 aromatic rings. The van der Waals surface area contributed by atoms with Crippen LogP contribution in [0, 0.1) is 41.2 Å². The molecular weight excluding hydrogens is 452 g/mol. The van der Waals surface area contributed by atoms with Crippen LogP contribution in [-0.4, -0.2) is 40.3 Å². The zero-order valence-corrected chi connectivity index (χ0v) is 18.7. The number of terminal acetylenes is 1. The fourth-order valence-corrected chi connectivity index (χ4v) is 4.51. The zero-order valence-electron chi connectivity index (χ0n) is 18.7. The van der Waals surface area contributed by atoms with E-state index in [1.54, 1.807) is 0 Å². The maximum atomic E-state index is 16.0. The van der Waals surface area contributed by atoms with Gasteiger partial charge in [-0.2, -0.15) is 15.2 Å². The van der Waals surface area contributed by atoms with Gasteiger partial charge in [-0.25, -0.2) is 8.78 Å². The molecule has 1 saturated heterocycles. The molecule has 5 rings (SSSR count). The molecule has 35 heavy (non-hydrogen) atoms. The average molecular weight is 471 g/mol. The number of piperidine rings is 1. The van der Waals surface area contributed by atoms with E-state index < -0.39 is 11.6 Å². The zero-order chi connectivity index (χ0) is 24.7. The van der Waals surface area contributed by atoms with Gasteiger partial charge >= 0.3 is 6.01 Å². The molecule has 1 aliphatic heterocycles. The third kappa shape index (κ3) is 3.71. The standard InChI is InChI=1S/C26H19F2N5O2/c1-3-17-20(27)5-4-15-10-16(34)11-18(21(15)17)23-22(28)24-19(13-30-23)25(32-26(31-24)35-2)33-8-6-14(12-29)7-9-33/h1,4-5,10-11,13-14,34H,6-9H2,2H3. The number of aromatic nitrogens is 3. The number of pyridine rings is 1. The normalized spacial score (nSPS) is 14.1. The summed E-state index contributed by atoms with van der Waals surface area (Å²) < 4.78 is 35.8. The van der Waals surface area contributed by atoms with Crippen LogP contribution in [0.4, 0.5) is 14.6 Å². The molecule has 3 heterocycles. The summed E-state index contributed by atoms with van der Waals surface area (Å²) in [6.07, 6.45) is 8.33. The minimum Gasteiger partial charge on any atom is -0.508 e. The Kier molecular flexibility index (Phi) is 5.54. The first kappa shape index (κ1) is 22.3. The highest BCUT2D eigenvalue weighted by Gasteiger charge is 2.26. The number of ether oxygens (including phenoxy) is 1. The molecule has 2 aromatic carbocycles. The summed E-state index contributed by atoms with van der Waals surface area (Å²) in [4.78, 5) is 14.9. The van der Waals surface area contributed by atoms with Crippen molar-refractivity contribution >= 4 is 27.5 Å². The Hall–Kier alpha value is -4.50. The number of phenolic OH excluding ortho intramolecular Hbond substituents is 1. The molecule has 0 amide bonds. The fourth-order valence-electron chi connectivity index (χ4n) is 4.51. The quantitative estimate of drug-likeness (QED) is 0.438. The van der Waals surface area contributed by atoms with E-state index in [2.05, 4.69) is 26.9 Å². The van der Waals surface area contributed by atoms with Crippen LogP contribution in [0.5, 0.6) is 11.8 Å². The van der Waals surface area contributed by atoms with Gasteiger partial charge in [0.15, 0.2) is 5.82 Å². The van der Waals surface area contributed by atoms with Crippen molar-refractivity contribution in [2.75, 3.05) is 25.1 Å². The Bertz CT molecular complexity index is 1570. The molecule has 0 bridgehead atoms. The number of halogens is 2. The minimum atomic E-state index is -0.782. The molecule has 1 aliphatic rings. The maximum Gasteiger partial charge on any atom is 0.318 e. The summed E-state index contributed by atoms with van der Waals surface area (Å²) in [7, 11) is 1.39. The first-order valence-electron chi connectivity index (χ1n) is 10.9. The third-order valence-electron chi connectivity index (χ3n) is 6.25. The summed E-state index contributed by atoms with van der Waals surface area (Å²) in [5.41, 5.74) is -0.0919. The van der Waals surface area contributed by atoms with Gasteiger partial charge in [0.2, 0.25) is 0 Å². The number of hydrogen-bond donors (Lipinski definition) is 1. The number of nitriles is 1. The van der Waals surface area contributed by atoms with Gasteiger partial charge < -0.3 is 14.7 Å². The highest BCUT2D eigenvalue weighted by Crippen LogP contribution is 2.39. The van der Waals surface area contributed by atoms with Crippen LogP contribution in [0.25, 0.3) is 32.9 Å². The Morgan fingerprint density at radius 3 is 2.66 bits per heavy atom. The van der Waals surface area contributed by atoms with Crippen LogP contribution in [0.3, 0.4) is 0 Å². The lowest BCUT2D eigenvalue weighted by atomic mass is 9.95. The molecule has 7 nitrogen and oxygen atoms in total. The maximum absolute atomic E-state index is 16.0. The average Bonchev–Trinajstić information content (AvgIpc) is 2.88. The van der Waals surface area contributed by atoms with E-state index in [0.717, 1.165) is 0 Å². The summed E-state index contributed by atoms with van der Waals surface area (Å²) in [6, 6.07) is 7.64. The van der Waals surface area contributed by atoms with Gasteiger partial charge in [-0.3, -0.25) is 4.98 Å². The van der Waals surface area contributed by atoms with Crippen LogP contribution in [0.2, 0.25) is 0 Å². The molecule has 9 heteroatoms. The summed E-state index contributed by atoms with van der Waals surface area (Å²) >= 11 is 0. The second kappa shape index (κ2) is 8.69. The van der Waals surface area contributed by atoms with E-state index in [1.165, 1.54) is 37.6 Å². The van der Waals surface area contributed by atoms with Gasteiger partial charge in [-0.1, -0.05) is 12.0 Å². The number of rotatable bonds is 3.